The van der Waals surface area contributed by atoms with Gasteiger partial charge in [0.05, 0.1) is 6.04 Å². The summed E-state index contributed by atoms with van der Waals surface area (Å²) in [6.07, 6.45) is 4.29. The van der Waals surface area contributed by atoms with Gasteiger partial charge in [-0.2, -0.15) is 0 Å². The Morgan fingerprint density at radius 3 is 2.20 bits per heavy atom. The first-order chi connectivity index (χ1) is 6.97. The Bertz CT molecular complexity index is 180. The second-order valence-electron chi connectivity index (χ2n) is 4.80. The van der Waals surface area contributed by atoms with E-state index < -0.39 is 0 Å². The van der Waals surface area contributed by atoms with Crippen LogP contribution in [0.1, 0.15) is 52.9 Å². The fourth-order valence-electron chi connectivity index (χ4n) is 1.62. The molecule has 3 nitrogen and oxygen atoms in total. The van der Waals surface area contributed by atoms with Gasteiger partial charge < -0.3 is 11.5 Å². The molecule has 2 atom stereocenters. The molecule has 0 heterocycles. The minimum absolute atomic E-state index is 0.175. The molecule has 0 bridgehead atoms. The van der Waals surface area contributed by atoms with E-state index in [0.29, 0.717) is 12.3 Å². The third-order valence-corrected chi connectivity index (χ3v) is 2.53. The zero-order chi connectivity index (χ0) is 11.8. The van der Waals surface area contributed by atoms with Crippen molar-refractivity contribution >= 4 is 5.78 Å². The van der Waals surface area contributed by atoms with Crippen LogP contribution >= 0.6 is 0 Å². The Kier molecular flexibility index (Phi) is 7.61. The Balaban J connectivity index is 3.72. The summed E-state index contributed by atoms with van der Waals surface area (Å²) in [7, 11) is 0. The van der Waals surface area contributed by atoms with E-state index in [2.05, 4.69) is 6.92 Å². The SMILES string of the molecule is CCCC(N)CCC(N)C(=O)CC(C)C. The van der Waals surface area contributed by atoms with Crippen LogP contribution in [-0.2, 0) is 4.79 Å². The molecule has 2 unspecified atom stereocenters. The summed E-state index contributed by atoms with van der Waals surface area (Å²) in [4.78, 5) is 11.6. The van der Waals surface area contributed by atoms with Crippen LogP contribution in [0.15, 0.2) is 0 Å². The molecule has 0 fully saturated rings. The van der Waals surface area contributed by atoms with Gasteiger partial charge in [-0.15, -0.1) is 0 Å². The van der Waals surface area contributed by atoms with Crippen LogP contribution in [0.3, 0.4) is 0 Å². The summed E-state index contributed by atoms with van der Waals surface area (Å²) in [5, 5.41) is 0. The van der Waals surface area contributed by atoms with Crippen LogP contribution in [0.4, 0.5) is 0 Å². The van der Waals surface area contributed by atoms with Crippen molar-refractivity contribution < 1.29 is 4.79 Å². The van der Waals surface area contributed by atoms with Crippen molar-refractivity contribution in [3.05, 3.63) is 0 Å². The second kappa shape index (κ2) is 7.83. The Morgan fingerprint density at radius 2 is 1.73 bits per heavy atom. The predicted octanol–water partition coefficient (Wildman–Crippen LogP) is 1.84. The van der Waals surface area contributed by atoms with Gasteiger partial charge >= 0.3 is 0 Å². The highest BCUT2D eigenvalue weighted by molar-refractivity contribution is 5.83. The van der Waals surface area contributed by atoms with Gasteiger partial charge in [0.15, 0.2) is 0 Å². The molecule has 0 aliphatic rings. The van der Waals surface area contributed by atoms with Gasteiger partial charge in [0.2, 0.25) is 0 Å². The number of hydrogen-bond donors (Lipinski definition) is 2. The van der Waals surface area contributed by atoms with E-state index in [9.17, 15) is 4.79 Å². The number of Topliss-reactive ketones (excluding diaryl/α,β-unsaturated/α-hetero) is 1. The maximum Gasteiger partial charge on any atom is 0.149 e. The third-order valence-electron chi connectivity index (χ3n) is 2.53. The molecule has 0 radical (unpaired) electrons. The van der Waals surface area contributed by atoms with Crippen molar-refractivity contribution in [2.75, 3.05) is 0 Å². The van der Waals surface area contributed by atoms with E-state index in [1.807, 2.05) is 13.8 Å². The molecule has 0 aromatic rings. The summed E-state index contributed by atoms with van der Waals surface area (Å²) < 4.78 is 0. The maximum absolute atomic E-state index is 11.6. The fraction of sp³-hybridized carbons (Fsp3) is 0.917. The van der Waals surface area contributed by atoms with E-state index in [-0.39, 0.29) is 17.9 Å². The zero-order valence-corrected chi connectivity index (χ0v) is 10.3. The van der Waals surface area contributed by atoms with Crippen LogP contribution in [-0.4, -0.2) is 17.9 Å². The number of rotatable bonds is 8. The van der Waals surface area contributed by atoms with Gasteiger partial charge in [0.1, 0.15) is 5.78 Å². The molecular formula is C12H26N2O. The highest BCUT2D eigenvalue weighted by Gasteiger charge is 2.15. The smallest absolute Gasteiger partial charge is 0.149 e. The number of ketones is 1. The van der Waals surface area contributed by atoms with E-state index in [0.717, 1.165) is 25.7 Å². The molecule has 0 aromatic carbocycles. The van der Waals surface area contributed by atoms with E-state index in [1.54, 1.807) is 0 Å². The highest BCUT2D eigenvalue weighted by atomic mass is 16.1. The topological polar surface area (TPSA) is 69.1 Å². The molecular weight excluding hydrogens is 188 g/mol. The molecule has 90 valence electrons. The van der Waals surface area contributed by atoms with Crippen LogP contribution in [0.2, 0.25) is 0 Å². The van der Waals surface area contributed by atoms with Gasteiger partial charge in [-0.05, 0) is 25.2 Å². The minimum Gasteiger partial charge on any atom is -0.328 e. The predicted molar refractivity (Wildman–Crippen MR) is 64.6 cm³/mol. The monoisotopic (exact) mass is 214 g/mol. The van der Waals surface area contributed by atoms with Crippen molar-refractivity contribution in [3.8, 4) is 0 Å². The van der Waals surface area contributed by atoms with Crippen LogP contribution < -0.4 is 11.5 Å². The quantitative estimate of drug-likeness (QED) is 0.647. The Morgan fingerprint density at radius 1 is 1.13 bits per heavy atom. The number of hydrogen-bond acceptors (Lipinski definition) is 3. The summed E-state index contributed by atoms with van der Waals surface area (Å²) in [5.41, 5.74) is 11.7. The van der Waals surface area contributed by atoms with E-state index in [4.69, 9.17) is 11.5 Å². The number of carbonyl (C=O) groups is 1. The lowest BCUT2D eigenvalue weighted by Gasteiger charge is -2.15. The average Bonchev–Trinajstić information content (AvgIpc) is 2.13. The van der Waals surface area contributed by atoms with Crippen molar-refractivity contribution in [1.29, 1.82) is 0 Å². The van der Waals surface area contributed by atoms with Gasteiger partial charge in [-0.1, -0.05) is 27.2 Å². The van der Waals surface area contributed by atoms with Gasteiger partial charge in [0.25, 0.3) is 0 Å². The molecule has 0 saturated carbocycles. The first-order valence-corrected chi connectivity index (χ1v) is 6.01. The van der Waals surface area contributed by atoms with Crippen molar-refractivity contribution in [2.24, 2.45) is 17.4 Å². The summed E-state index contributed by atoms with van der Waals surface area (Å²) >= 11 is 0. The number of nitrogens with two attached hydrogens (primary N) is 2. The zero-order valence-electron chi connectivity index (χ0n) is 10.3. The van der Waals surface area contributed by atoms with Crippen LogP contribution in [0.5, 0.6) is 0 Å². The van der Waals surface area contributed by atoms with Gasteiger partial charge in [0, 0.05) is 12.5 Å². The Hall–Kier alpha value is -0.410. The standard InChI is InChI=1S/C12H26N2O/c1-4-5-10(13)6-7-11(14)12(15)8-9(2)3/h9-11H,4-8,13-14H2,1-3H3. The lowest BCUT2D eigenvalue weighted by molar-refractivity contribution is -0.121. The first-order valence-electron chi connectivity index (χ1n) is 6.01. The highest BCUT2D eigenvalue weighted by Crippen LogP contribution is 2.08. The van der Waals surface area contributed by atoms with Crippen LogP contribution in [0, 0.1) is 5.92 Å². The average molecular weight is 214 g/mol. The van der Waals surface area contributed by atoms with Crippen molar-refractivity contribution in [2.45, 2.75) is 65.0 Å². The largest absolute Gasteiger partial charge is 0.328 e. The van der Waals surface area contributed by atoms with E-state index >= 15 is 0 Å². The molecule has 0 aromatic heterocycles. The maximum atomic E-state index is 11.6. The summed E-state index contributed by atoms with van der Waals surface area (Å²) in [5.74, 6) is 0.571. The molecule has 3 heteroatoms. The lowest BCUT2D eigenvalue weighted by Crippen LogP contribution is -2.33. The fourth-order valence-corrected chi connectivity index (χ4v) is 1.62. The van der Waals surface area contributed by atoms with Crippen molar-refractivity contribution in [1.82, 2.24) is 0 Å². The van der Waals surface area contributed by atoms with Gasteiger partial charge in [-0.3, -0.25) is 4.79 Å². The molecule has 0 aliphatic heterocycles. The molecule has 0 saturated heterocycles. The minimum atomic E-state index is -0.310. The summed E-state index contributed by atoms with van der Waals surface area (Å²) in [6.45, 7) is 6.19. The van der Waals surface area contributed by atoms with Crippen LogP contribution in [0.25, 0.3) is 0 Å². The van der Waals surface area contributed by atoms with Gasteiger partial charge in [-0.25, -0.2) is 0 Å². The molecule has 0 spiro atoms. The second-order valence-corrected chi connectivity index (χ2v) is 4.80. The molecule has 0 rings (SSSR count). The molecule has 4 N–H and O–H groups in total. The third kappa shape index (κ3) is 7.51. The Labute approximate surface area is 93.6 Å². The lowest BCUT2D eigenvalue weighted by atomic mass is 9.96. The first kappa shape index (κ1) is 14.6. The van der Waals surface area contributed by atoms with Crippen molar-refractivity contribution in [3.63, 3.8) is 0 Å². The summed E-state index contributed by atoms with van der Waals surface area (Å²) in [6, 6.07) is -0.108. The molecule has 0 aliphatic carbocycles. The van der Waals surface area contributed by atoms with E-state index in [1.165, 1.54) is 0 Å². The number of carbonyl (C=O) groups excluding carboxylic acids is 1. The molecule has 0 amide bonds. The normalized spacial score (nSPS) is 15.3. The molecule has 15 heavy (non-hydrogen) atoms.